The van der Waals surface area contributed by atoms with Gasteiger partial charge in [-0.2, -0.15) is 5.26 Å². The molecule has 2 aromatic carbocycles. The molecule has 3 nitrogen and oxygen atoms in total. The molecule has 2 aromatic rings. The van der Waals surface area contributed by atoms with Crippen LogP contribution < -0.4 is 10.1 Å². The molecule has 0 aliphatic rings. The summed E-state index contributed by atoms with van der Waals surface area (Å²) in [5, 5.41) is 12.6. The Kier molecular flexibility index (Phi) is 5.68. The highest BCUT2D eigenvalue weighted by atomic mass is 32.2. The van der Waals surface area contributed by atoms with Crippen LogP contribution in [-0.4, -0.2) is 13.7 Å². The maximum Gasteiger partial charge on any atom is 0.118 e. The molecule has 0 aliphatic carbocycles. The molecule has 0 heterocycles. The maximum absolute atomic E-state index is 9.32. The minimum atomic E-state index is 0.714. The second-order valence-corrected chi connectivity index (χ2v) is 5.62. The highest BCUT2D eigenvalue weighted by Gasteiger charge is 2.06. The van der Waals surface area contributed by atoms with Crippen molar-refractivity contribution in [1.29, 1.82) is 5.26 Å². The smallest absolute Gasteiger partial charge is 0.118 e. The van der Waals surface area contributed by atoms with E-state index in [0.717, 1.165) is 34.2 Å². The fourth-order valence-electron chi connectivity index (χ4n) is 1.90. The van der Waals surface area contributed by atoms with Crippen LogP contribution in [0, 0.1) is 11.3 Å². The molecular weight excluding hydrogens is 280 g/mol. The lowest BCUT2D eigenvalue weighted by atomic mass is 10.1. The number of rotatable bonds is 6. The van der Waals surface area contributed by atoms with Crippen LogP contribution in [0.5, 0.6) is 5.75 Å². The number of nitrogens with zero attached hydrogens (tertiary/aromatic N) is 1. The van der Waals surface area contributed by atoms with Crippen LogP contribution in [0.4, 0.5) is 0 Å². The average Bonchev–Trinajstić information content (AvgIpc) is 2.54. The molecule has 0 saturated carbocycles. The Labute approximate surface area is 129 Å². The Morgan fingerprint density at radius 1 is 1.19 bits per heavy atom. The Morgan fingerprint density at radius 2 is 1.95 bits per heavy atom. The Hall–Kier alpha value is -1.96. The van der Waals surface area contributed by atoms with Gasteiger partial charge in [0.2, 0.25) is 0 Å². The third-order valence-electron chi connectivity index (χ3n) is 3.03. The van der Waals surface area contributed by atoms with Gasteiger partial charge in [0.1, 0.15) is 11.8 Å². The van der Waals surface area contributed by atoms with Crippen molar-refractivity contribution in [1.82, 2.24) is 5.32 Å². The van der Waals surface area contributed by atoms with Crippen LogP contribution in [0.15, 0.2) is 52.3 Å². The quantitative estimate of drug-likeness (QED) is 0.880. The molecule has 0 amide bonds. The Morgan fingerprint density at radius 3 is 2.57 bits per heavy atom. The number of methoxy groups -OCH3 is 1. The summed E-state index contributed by atoms with van der Waals surface area (Å²) < 4.78 is 5.15. The zero-order valence-electron chi connectivity index (χ0n) is 12.2. The van der Waals surface area contributed by atoms with E-state index >= 15 is 0 Å². The van der Waals surface area contributed by atoms with Crippen molar-refractivity contribution in [2.75, 3.05) is 13.7 Å². The third kappa shape index (κ3) is 4.25. The second kappa shape index (κ2) is 7.72. The molecule has 0 unspecified atom stereocenters. The van der Waals surface area contributed by atoms with Gasteiger partial charge in [0.05, 0.1) is 12.7 Å². The van der Waals surface area contributed by atoms with Crippen LogP contribution in [-0.2, 0) is 6.54 Å². The summed E-state index contributed by atoms with van der Waals surface area (Å²) in [7, 11) is 1.65. The molecule has 0 spiro atoms. The van der Waals surface area contributed by atoms with Crippen molar-refractivity contribution in [2.24, 2.45) is 0 Å². The summed E-state index contributed by atoms with van der Waals surface area (Å²) in [6, 6.07) is 16.2. The van der Waals surface area contributed by atoms with Gasteiger partial charge in [-0.1, -0.05) is 24.8 Å². The van der Waals surface area contributed by atoms with Crippen LogP contribution in [0.25, 0.3) is 0 Å². The summed E-state index contributed by atoms with van der Waals surface area (Å²) in [5.41, 5.74) is 1.85. The van der Waals surface area contributed by atoms with Crippen molar-refractivity contribution >= 4 is 11.8 Å². The van der Waals surface area contributed by atoms with E-state index < -0.39 is 0 Å². The SMILES string of the molecule is CCNCc1ccc(Sc2ccc(OC)cc2)c(C#N)c1. The molecular formula is C17H18N2OS. The second-order valence-electron chi connectivity index (χ2n) is 4.50. The summed E-state index contributed by atoms with van der Waals surface area (Å²) in [4.78, 5) is 2.06. The van der Waals surface area contributed by atoms with E-state index in [-0.39, 0.29) is 0 Å². The third-order valence-corrected chi connectivity index (χ3v) is 4.11. The number of nitriles is 1. The van der Waals surface area contributed by atoms with E-state index in [0.29, 0.717) is 5.56 Å². The Balaban J connectivity index is 2.17. The molecule has 4 heteroatoms. The minimum absolute atomic E-state index is 0.714. The van der Waals surface area contributed by atoms with Crippen molar-refractivity contribution in [3.63, 3.8) is 0 Å². The first-order valence-electron chi connectivity index (χ1n) is 6.82. The first-order chi connectivity index (χ1) is 10.3. The first-order valence-corrected chi connectivity index (χ1v) is 7.64. The van der Waals surface area contributed by atoms with E-state index in [1.54, 1.807) is 18.9 Å². The standard InChI is InChI=1S/C17H18N2OS/c1-3-19-12-13-4-9-17(14(10-13)11-18)21-16-7-5-15(20-2)6-8-16/h4-10,19H,3,12H2,1-2H3. The molecule has 0 fully saturated rings. The number of hydrogen-bond acceptors (Lipinski definition) is 4. The number of nitrogens with one attached hydrogen (secondary N) is 1. The fourth-order valence-corrected chi connectivity index (χ4v) is 2.78. The zero-order valence-corrected chi connectivity index (χ0v) is 13.0. The molecule has 0 saturated heterocycles. The first kappa shape index (κ1) is 15.4. The average molecular weight is 298 g/mol. The Bertz CT molecular complexity index is 632. The molecule has 0 radical (unpaired) electrons. The van der Waals surface area contributed by atoms with Gasteiger partial charge in [-0.25, -0.2) is 0 Å². The van der Waals surface area contributed by atoms with E-state index in [4.69, 9.17) is 4.74 Å². The molecule has 0 aliphatic heterocycles. The van der Waals surface area contributed by atoms with Crippen LogP contribution in [0.3, 0.4) is 0 Å². The lowest BCUT2D eigenvalue weighted by molar-refractivity contribution is 0.414. The van der Waals surface area contributed by atoms with Gasteiger partial charge < -0.3 is 10.1 Å². The lowest BCUT2D eigenvalue weighted by Crippen LogP contribution is -2.11. The van der Waals surface area contributed by atoms with Crippen LogP contribution in [0.2, 0.25) is 0 Å². The highest BCUT2D eigenvalue weighted by molar-refractivity contribution is 7.99. The van der Waals surface area contributed by atoms with Gasteiger partial charge in [0.15, 0.2) is 0 Å². The molecule has 108 valence electrons. The van der Waals surface area contributed by atoms with Gasteiger partial charge in [0, 0.05) is 16.3 Å². The van der Waals surface area contributed by atoms with E-state index in [9.17, 15) is 5.26 Å². The number of hydrogen-bond donors (Lipinski definition) is 1. The van der Waals surface area contributed by atoms with Crippen molar-refractivity contribution in [3.05, 3.63) is 53.6 Å². The topological polar surface area (TPSA) is 45.0 Å². The molecule has 2 rings (SSSR count). The number of ether oxygens (including phenoxy) is 1. The fraction of sp³-hybridized carbons (Fsp3) is 0.235. The monoisotopic (exact) mass is 298 g/mol. The van der Waals surface area contributed by atoms with Gasteiger partial charge in [-0.3, -0.25) is 0 Å². The van der Waals surface area contributed by atoms with E-state index in [1.807, 2.05) is 36.4 Å². The van der Waals surface area contributed by atoms with Crippen LogP contribution in [0.1, 0.15) is 18.1 Å². The highest BCUT2D eigenvalue weighted by Crippen LogP contribution is 2.31. The largest absolute Gasteiger partial charge is 0.497 e. The minimum Gasteiger partial charge on any atom is -0.497 e. The maximum atomic E-state index is 9.32. The van der Waals surface area contributed by atoms with Crippen molar-refractivity contribution in [2.45, 2.75) is 23.3 Å². The van der Waals surface area contributed by atoms with Crippen molar-refractivity contribution in [3.8, 4) is 11.8 Å². The summed E-state index contributed by atoms with van der Waals surface area (Å²) in [6.07, 6.45) is 0. The summed E-state index contributed by atoms with van der Waals surface area (Å²) in [5.74, 6) is 0.834. The lowest BCUT2D eigenvalue weighted by Gasteiger charge is -2.08. The molecule has 0 aromatic heterocycles. The molecule has 0 bridgehead atoms. The van der Waals surface area contributed by atoms with Gasteiger partial charge in [-0.05, 0) is 48.5 Å². The van der Waals surface area contributed by atoms with Gasteiger partial charge >= 0.3 is 0 Å². The van der Waals surface area contributed by atoms with Gasteiger partial charge in [0.25, 0.3) is 0 Å². The summed E-state index contributed by atoms with van der Waals surface area (Å²) >= 11 is 1.59. The van der Waals surface area contributed by atoms with E-state index in [2.05, 4.69) is 24.4 Å². The van der Waals surface area contributed by atoms with Crippen molar-refractivity contribution < 1.29 is 4.74 Å². The number of benzene rings is 2. The van der Waals surface area contributed by atoms with Gasteiger partial charge in [-0.15, -0.1) is 0 Å². The van der Waals surface area contributed by atoms with Crippen LogP contribution >= 0.6 is 11.8 Å². The van der Waals surface area contributed by atoms with E-state index in [1.165, 1.54) is 0 Å². The predicted octanol–water partition coefficient (Wildman–Crippen LogP) is 3.83. The summed E-state index contributed by atoms with van der Waals surface area (Å²) in [6.45, 7) is 3.78. The molecule has 0 atom stereocenters. The molecule has 1 N–H and O–H groups in total. The predicted molar refractivity (Wildman–Crippen MR) is 85.7 cm³/mol. The normalized spacial score (nSPS) is 10.1. The molecule has 21 heavy (non-hydrogen) atoms. The zero-order chi connectivity index (χ0) is 15.1.